The SMILES string of the molecule is COc1ccc2c(Cl)c(C(=O)OCC(=O)NCC3CCCO3)sc2c1. The van der Waals surface area contributed by atoms with Crippen molar-refractivity contribution in [3.63, 3.8) is 0 Å². The molecule has 1 saturated heterocycles. The molecule has 1 unspecified atom stereocenters. The van der Waals surface area contributed by atoms with E-state index in [1.165, 1.54) is 11.3 Å². The van der Waals surface area contributed by atoms with Gasteiger partial charge in [0.25, 0.3) is 5.91 Å². The van der Waals surface area contributed by atoms with Crippen LogP contribution in [0.1, 0.15) is 22.5 Å². The third kappa shape index (κ3) is 4.23. The quantitative estimate of drug-likeness (QED) is 0.776. The lowest BCUT2D eigenvalue weighted by atomic mass is 10.2. The Morgan fingerprint density at radius 1 is 1.44 bits per heavy atom. The number of hydrogen-bond acceptors (Lipinski definition) is 6. The molecular formula is C17H18ClNO5S. The van der Waals surface area contributed by atoms with Gasteiger partial charge in [-0.15, -0.1) is 11.3 Å². The van der Waals surface area contributed by atoms with Gasteiger partial charge in [-0.05, 0) is 31.0 Å². The Hall–Kier alpha value is -1.83. The number of rotatable bonds is 6. The summed E-state index contributed by atoms with van der Waals surface area (Å²) in [4.78, 5) is 24.3. The molecule has 0 aliphatic carbocycles. The van der Waals surface area contributed by atoms with Gasteiger partial charge < -0.3 is 19.5 Å². The van der Waals surface area contributed by atoms with Crippen molar-refractivity contribution in [3.8, 4) is 5.75 Å². The molecule has 0 spiro atoms. The van der Waals surface area contributed by atoms with E-state index in [1.807, 2.05) is 0 Å². The van der Waals surface area contributed by atoms with E-state index in [9.17, 15) is 9.59 Å². The molecule has 0 saturated carbocycles. The van der Waals surface area contributed by atoms with Crippen LogP contribution >= 0.6 is 22.9 Å². The number of esters is 1. The van der Waals surface area contributed by atoms with Crippen molar-refractivity contribution >= 4 is 44.9 Å². The molecule has 1 aromatic heterocycles. The number of nitrogens with one attached hydrogen (secondary N) is 1. The Morgan fingerprint density at radius 2 is 2.28 bits per heavy atom. The van der Waals surface area contributed by atoms with E-state index in [2.05, 4.69) is 5.32 Å². The van der Waals surface area contributed by atoms with Gasteiger partial charge in [0.1, 0.15) is 10.6 Å². The molecule has 1 N–H and O–H groups in total. The number of benzene rings is 1. The van der Waals surface area contributed by atoms with Crippen LogP contribution < -0.4 is 10.1 Å². The Morgan fingerprint density at radius 3 is 3.00 bits per heavy atom. The van der Waals surface area contributed by atoms with Gasteiger partial charge in [0.15, 0.2) is 6.61 Å². The molecule has 134 valence electrons. The average molecular weight is 384 g/mol. The van der Waals surface area contributed by atoms with Crippen LogP contribution in [-0.4, -0.2) is 44.8 Å². The van der Waals surface area contributed by atoms with Crippen LogP contribution in [0.3, 0.4) is 0 Å². The predicted molar refractivity (Wildman–Crippen MR) is 95.7 cm³/mol. The molecule has 2 aromatic rings. The van der Waals surface area contributed by atoms with Crippen LogP contribution in [0.15, 0.2) is 18.2 Å². The molecule has 1 atom stereocenters. The smallest absolute Gasteiger partial charge is 0.350 e. The number of amides is 1. The Bertz CT molecular complexity index is 785. The fourth-order valence-electron chi connectivity index (χ4n) is 2.58. The van der Waals surface area contributed by atoms with Crippen molar-refractivity contribution < 1.29 is 23.8 Å². The topological polar surface area (TPSA) is 73.9 Å². The normalized spacial score (nSPS) is 16.8. The van der Waals surface area contributed by atoms with Crippen LogP contribution in [0.5, 0.6) is 5.75 Å². The first-order valence-electron chi connectivity index (χ1n) is 7.90. The number of methoxy groups -OCH3 is 1. The number of carbonyl (C=O) groups excluding carboxylic acids is 2. The van der Waals surface area contributed by atoms with Crippen LogP contribution in [0, 0.1) is 0 Å². The van der Waals surface area contributed by atoms with E-state index < -0.39 is 5.97 Å². The van der Waals surface area contributed by atoms with Crippen LogP contribution in [0.2, 0.25) is 5.02 Å². The van der Waals surface area contributed by atoms with E-state index in [0.717, 1.165) is 29.5 Å². The van der Waals surface area contributed by atoms with Crippen LogP contribution in [-0.2, 0) is 14.3 Å². The summed E-state index contributed by atoms with van der Waals surface area (Å²) in [7, 11) is 1.57. The van der Waals surface area contributed by atoms with Crippen molar-refractivity contribution in [1.29, 1.82) is 0 Å². The highest BCUT2D eigenvalue weighted by molar-refractivity contribution is 7.21. The lowest BCUT2D eigenvalue weighted by molar-refractivity contribution is -0.124. The van der Waals surface area contributed by atoms with Gasteiger partial charge >= 0.3 is 5.97 Å². The van der Waals surface area contributed by atoms with Crippen molar-refractivity contribution in [2.24, 2.45) is 0 Å². The third-order valence-corrected chi connectivity index (χ3v) is 5.54. The number of halogens is 1. The molecule has 1 aliphatic heterocycles. The summed E-state index contributed by atoms with van der Waals surface area (Å²) in [5.41, 5.74) is 0. The molecule has 0 bridgehead atoms. The lowest BCUT2D eigenvalue weighted by Crippen LogP contribution is -2.34. The number of carbonyl (C=O) groups is 2. The minimum absolute atomic E-state index is 0.0478. The van der Waals surface area contributed by atoms with Gasteiger partial charge in [-0.3, -0.25) is 4.79 Å². The van der Waals surface area contributed by atoms with Crippen molar-refractivity contribution in [2.75, 3.05) is 26.9 Å². The summed E-state index contributed by atoms with van der Waals surface area (Å²) in [6.45, 7) is 0.810. The first-order valence-corrected chi connectivity index (χ1v) is 9.09. The minimum Gasteiger partial charge on any atom is -0.497 e. The molecule has 25 heavy (non-hydrogen) atoms. The van der Waals surface area contributed by atoms with Gasteiger partial charge in [-0.25, -0.2) is 4.79 Å². The first kappa shape index (κ1) is 18.0. The Balaban J connectivity index is 1.58. The van der Waals surface area contributed by atoms with Crippen LogP contribution in [0.25, 0.3) is 10.1 Å². The average Bonchev–Trinajstić information content (AvgIpc) is 3.25. The molecule has 3 rings (SSSR count). The van der Waals surface area contributed by atoms with Gasteiger partial charge in [-0.1, -0.05) is 11.6 Å². The summed E-state index contributed by atoms with van der Waals surface area (Å²) >= 11 is 7.47. The number of hydrogen-bond donors (Lipinski definition) is 1. The molecule has 6 nitrogen and oxygen atoms in total. The number of ether oxygens (including phenoxy) is 3. The van der Waals surface area contributed by atoms with E-state index in [0.29, 0.717) is 17.3 Å². The lowest BCUT2D eigenvalue weighted by Gasteiger charge is -2.10. The largest absolute Gasteiger partial charge is 0.497 e. The van der Waals surface area contributed by atoms with Crippen molar-refractivity contribution in [3.05, 3.63) is 28.1 Å². The zero-order valence-electron chi connectivity index (χ0n) is 13.7. The number of thiophene rings is 1. The Labute approximate surface area is 154 Å². The molecule has 1 amide bonds. The predicted octanol–water partition coefficient (Wildman–Crippen LogP) is 3.02. The molecular weight excluding hydrogens is 366 g/mol. The second-order valence-corrected chi connectivity index (χ2v) is 7.05. The Kier molecular flexibility index (Phi) is 5.78. The van der Waals surface area contributed by atoms with Crippen molar-refractivity contribution in [1.82, 2.24) is 5.32 Å². The van der Waals surface area contributed by atoms with Gasteiger partial charge in [-0.2, -0.15) is 0 Å². The summed E-state index contributed by atoms with van der Waals surface area (Å²) < 4.78 is 16.5. The fourth-order valence-corrected chi connectivity index (χ4v) is 4.01. The van der Waals surface area contributed by atoms with E-state index >= 15 is 0 Å². The zero-order chi connectivity index (χ0) is 17.8. The fraction of sp³-hybridized carbons (Fsp3) is 0.412. The second-order valence-electron chi connectivity index (χ2n) is 5.62. The maximum Gasteiger partial charge on any atom is 0.350 e. The minimum atomic E-state index is -0.613. The summed E-state index contributed by atoms with van der Waals surface area (Å²) in [5.74, 6) is -0.293. The molecule has 1 fully saturated rings. The summed E-state index contributed by atoms with van der Waals surface area (Å²) in [6, 6.07) is 5.36. The van der Waals surface area contributed by atoms with E-state index in [1.54, 1.807) is 25.3 Å². The highest BCUT2D eigenvalue weighted by Gasteiger charge is 2.20. The summed E-state index contributed by atoms with van der Waals surface area (Å²) in [6.07, 6.45) is 1.98. The molecule has 1 aromatic carbocycles. The van der Waals surface area contributed by atoms with Gasteiger partial charge in [0.2, 0.25) is 0 Å². The highest BCUT2D eigenvalue weighted by atomic mass is 35.5. The van der Waals surface area contributed by atoms with Gasteiger partial charge in [0, 0.05) is 23.2 Å². The number of fused-ring (bicyclic) bond motifs is 1. The standard InChI is InChI=1S/C17H18ClNO5S/c1-22-10-4-5-12-13(7-10)25-16(15(12)18)17(21)24-9-14(20)19-8-11-3-2-6-23-11/h4-5,7,11H,2-3,6,8-9H2,1H3,(H,19,20). The third-order valence-electron chi connectivity index (χ3n) is 3.91. The maximum absolute atomic E-state index is 12.2. The first-order chi connectivity index (χ1) is 12.1. The molecule has 2 heterocycles. The van der Waals surface area contributed by atoms with Crippen LogP contribution in [0.4, 0.5) is 0 Å². The van der Waals surface area contributed by atoms with E-state index in [-0.39, 0.29) is 23.5 Å². The highest BCUT2D eigenvalue weighted by Crippen LogP contribution is 2.37. The molecule has 1 aliphatic rings. The monoisotopic (exact) mass is 383 g/mol. The van der Waals surface area contributed by atoms with Gasteiger partial charge in [0.05, 0.1) is 18.2 Å². The maximum atomic E-state index is 12.2. The van der Waals surface area contributed by atoms with E-state index in [4.69, 9.17) is 25.8 Å². The molecule has 8 heteroatoms. The summed E-state index contributed by atoms with van der Waals surface area (Å²) in [5, 5.41) is 3.78. The van der Waals surface area contributed by atoms with Crippen molar-refractivity contribution in [2.45, 2.75) is 18.9 Å². The second kappa shape index (κ2) is 8.03. The zero-order valence-corrected chi connectivity index (χ0v) is 15.2. The molecule has 0 radical (unpaired) electrons.